The lowest BCUT2D eigenvalue weighted by Crippen LogP contribution is -2.21. The van der Waals surface area contributed by atoms with Gasteiger partial charge in [0.25, 0.3) is 5.91 Å². The predicted molar refractivity (Wildman–Crippen MR) is 92.4 cm³/mol. The summed E-state index contributed by atoms with van der Waals surface area (Å²) < 4.78 is 15.5. The molecule has 3 rings (SSSR count). The van der Waals surface area contributed by atoms with Gasteiger partial charge in [0.15, 0.2) is 18.1 Å². The van der Waals surface area contributed by atoms with Gasteiger partial charge in [-0.3, -0.25) is 4.79 Å². The Hall–Kier alpha value is -3.00. The van der Waals surface area contributed by atoms with Gasteiger partial charge in [-0.05, 0) is 38.5 Å². The number of esters is 1. The van der Waals surface area contributed by atoms with Crippen LogP contribution >= 0.6 is 0 Å². The van der Waals surface area contributed by atoms with Crippen LogP contribution in [0.4, 0.5) is 5.69 Å². The minimum absolute atomic E-state index is 0.147. The summed E-state index contributed by atoms with van der Waals surface area (Å²) in [5.41, 5.74) is 2.70. The van der Waals surface area contributed by atoms with Crippen molar-refractivity contribution < 1.29 is 28.9 Å². The maximum Gasteiger partial charge on any atom is 0.355 e. The Morgan fingerprint density at radius 2 is 2.04 bits per heavy atom. The lowest BCUT2D eigenvalue weighted by atomic mass is 10.1. The number of rotatable bonds is 5. The molecule has 1 aromatic heterocycles. The molecule has 0 bridgehead atoms. The molecule has 138 valence electrons. The van der Waals surface area contributed by atoms with Crippen molar-refractivity contribution in [3.63, 3.8) is 0 Å². The van der Waals surface area contributed by atoms with E-state index in [0.717, 1.165) is 0 Å². The SMILES string of the molecule is Cc1[nH]c(C(=O)OCC(=O)Nc2ccc3c(c2)OCO3)c(C)c1[C@@H](C)O. The fourth-order valence-electron chi connectivity index (χ4n) is 2.97. The number of fused-ring (bicyclic) bond motifs is 1. The van der Waals surface area contributed by atoms with E-state index >= 15 is 0 Å². The normalized spacial score (nSPS) is 13.4. The highest BCUT2D eigenvalue weighted by Crippen LogP contribution is 2.34. The van der Waals surface area contributed by atoms with Gasteiger partial charge < -0.3 is 29.6 Å². The molecule has 26 heavy (non-hydrogen) atoms. The van der Waals surface area contributed by atoms with Crippen molar-refractivity contribution in [2.45, 2.75) is 26.9 Å². The molecule has 0 saturated heterocycles. The molecular weight excluding hydrogens is 340 g/mol. The van der Waals surface area contributed by atoms with Gasteiger partial charge in [0.1, 0.15) is 5.69 Å². The van der Waals surface area contributed by atoms with Crippen LogP contribution in [0.3, 0.4) is 0 Å². The van der Waals surface area contributed by atoms with Crippen molar-refractivity contribution in [3.05, 3.63) is 40.7 Å². The monoisotopic (exact) mass is 360 g/mol. The molecule has 0 unspecified atom stereocenters. The number of H-pyrrole nitrogens is 1. The number of ether oxygens (including phenoxy) is 3. The topological polar surface area (TPSA) is 110 Å². The Morgan fingerprint density at radius 1 is 1.31 bits per heavy atom. The number of aliphatic hydroxyl groups excluding tert-OH is 1. The van der Waals surface area contributed by atoms with Gasteiger partial charge in [0.2, 0.25) is 6.79 Å². The van der Waals surface area contributed by atoms with Crippen LogP contribution in [0.5, 0.6) is 11.5 Å². The molecule has 1 aromatic carbocycles. The standard InChI is InChI=1S/C18H20N2O6/c1-9-16(11(3)21)10(2)19-17(9)18(23)24-7-15(22)20-12-4-5-13-14(6-12)26-8-25-13/h4-6,11,19,21H,7-8H2,1-3H3,(H,20,22)/t11-/m1/s1. The summed E-state index contributed by atoms with van der Waals surface area (Å²) in [7, 11) is 0. The second kappa shape index (κ2) is 7.09. The fourth-order valence-corrected chi connectivity index (χ4v) is 2.97. The van der Waals surface area contributed by atoms with E-state index < -0.39 is 24.6 Å². The first-order valence-electron chi connectivity index (χ1n) is 8.10. The number of carbonyl (C=O) groups is 2. The van der Waals surface area contributed by atoms with Gasteiger partial charge in [-0.1, -0.05) is 0 Å². The molecule has 1 atom stereocenters. The van der Waals surface area contributed by atoms with Crippen LogP contribution in [0.2, 0.25) is 0 Å². The van der Waals surface area contributed by atoms with Crippen molar-refractivity contribution in [1.82, 2.24) is 4.98 Å². The Labute approximate surface area is 150 Å². The first-order valence-corrected chi connectivity index (χ1v) is 8.10. The lowest BCUT2D eigenvalue weighted by molar-refractivity contribution is -0.119. The van der Waals surface area contributed by atoms with Gasteiger partial charge in [-0.15, -0.1) is 0 Å². The third-order valence-corrected chi connectivity index (χ3v) is 4.11. The first-order chi connectivity index (χ1) is 12.4. The molecule has 8 nitrogen and oxygen atoms in total. The minimum atomic E-state index is -0.706. The zero-order valence-corrected chi connectivity index (χ0v) is 14.7. The molecule has 0 spiro atoms. The quantitative estimate of drug-likeness (QED) is 0.705. The Balaban J connectivity index is 1.59. The number of anilines is 1. The number of benzene rings is 1. The summed E-state index contributed by atoms with van der Waals surface area (Å²) in [5.74, 6) is 0.0242. The third-order valence-electron chi connectivity index (χ3n) is 4.11. The summed E-state index contributed by atoms with van der Waals surface area (Å²) in [6, 6.07) is 4.99. The van der Waals surface area contributed by atoms with Crippen LogP contribution < -0.4 is 14.8 Å². The molecule has 2 heterocycles. The van der Waals surface area contributed by atoms with Crippen molar-refractivity contribution in [1.29, 1.82) is 0 Å². The van der Waals surface area contributed by atoms with Crippen LogP contribution in [-0.2, 0) is 9.53 Å². The summed E-state index contributed by atoms with van der Waals surface area (Å²) in [6.45, 7) is 4.81. The van der Waals surface area contributed by atoms with Gasteiger partial charge >= 0.3 is 5.97 Å². The number of aromatic amines is 1. The van der Waals surface area contributed by atoms with Crippen LogP contribution in [0.15, 0.2) is 18.2 Å². The van der Waals surface area contributed by atoms with E-state index in [2.05, 4.69) is 10.3 Å². The van der Waals surface area contributed by atoms with Gasteiger partial charge in [0.05, 0.1) is 6.10 Å². The van der Waals surface area contributed by atoms with Gasteiger partial charge in [-0.25, -0.2) is 4.79 Å². The number of aryl methyl sites for hydroxylation is 1. The number of aromatic nitrogens is 1. The number of carbonyl (C=O) groups excluding carboxylic acids is 2. The Kier molecular flexibility index (Phi) is 4.85. The zero-order valence-electron chi connectivity index (χ0n) is 14.7. The number of amides is 1. The van der Waals surface area contributed by atoms with Crippen molar-refractivity contribution in [2.24, 2.45) is 0 Å². The largest absolute Gasteiger partial charge is 0.454 e. The summed E-state index contributed by atoms with van der Waals surface area (Å²) in [5, 5.41) is 12.4. The lowest BCUT2D eigenvalue weighted by Gasteiger charge is -2.08. The highest BCUT2D eigenvalue weighted by Gasteiger charge is 2.22. The Morgan fingerprint density at radius 3 is 2.73 bits per heavy atom. The van der Waals surface area contributed by atoms with Crippen LogP contribution in [-0.4, -0.2) is 35.4 Å². The van der Waals surface area contributed by atoms with E-state index in [-0.39, 0.29) is 12.5 Å². The number of nitrogens with one attached hydrogen (secondary N) is 2. The van der Waals surface area contributed by atoms with Crippen molar-refractivity contribution >= 4 is 17.6 Å². The molecular formula is C18H20N2O6. The average Bonchev–Trinajstić information content (AvgIpc) is 3.16. The highest BCUT2D eigenvalue weighted by molar-refractivity contribution is 5.95. The fraction of sp³-hybridized carbons (Fsp3) is 0.333. The molecule has 8 heteroatoms. The molecule has 1 aliphatic heterocycles. The van der Waals surface area contributed by atoms with Crippen LogP contribution in [0.1, 0.15) is 40.3 Å². The van der Waals surface area contributed by atoms with Crippen LogP contribution in [0, 0.1) is 13.8 Å². The summed E-state index contributed by atoms with van der Waals surface area (Å²) in [6.07, 6.45) is -0.706. The maximum atomic E-state index is 12.2. The average molecular weight is 360 g/mol. The first kappa shape index (κ1) is 17.8. The summed E-state index contributed by atoms with van der Waals surface area (Å²) in [4.78, 5) is 27.1. The van der Waals surface area contributed by atoms with Gasteiger partial charge in [-0.2, -0.15) is 0 Å². The number of aliphatic hydroxyl groups is 1. The van der Waals surface area contributed by atoms with Crippen molar-refractivity contribution in [2.75, 3.05) is 18.7 Å². The number of hydrogen-bond acceptors (Lipinski definition) is 6. The predicted octanol–water partition coefficient (Wildman–Crippen LogP) is 2.21. The van der Waals surface area contributed by atoms with E-state index in [1.54, 1.807) is 39.0 Å². The molecule has 3 N–H and O–H groups in total. The second-order valence-electron chi connectivity index (χ2n) is 6.03. The third kappa shape index (κ3) is 3.50. The van der Waals surface area contributed by atoms with Crippen molar-refractivity contribution in [3.8, 4) is 11.5 Å². The smallest absolute Gasteiger partial charge is 0.355 e. The highest BCUT2D eigenvalue weighted by atomic mass is 16.7. The zero-order chi connectivity index (χ0) is 18.8. The number of hydrogen-bond donors (Lipinski definition) is 3. The molecule has 1 amide bonds. The molecule has 0 saturated carbocycles. The second-order valence-corrected chi connectivity index (χ2v) is 6.03. The summed E-state index contributed by atoms with van der Waals surface area (Å²) >= 11 is 0. The minimum Gasteiger partial charge on any atom is -0.454 e. The van der Waals surface area contributed by atoms with E-state index in [0.29, 0.717) is 34.0 Å². The van der Waals surface area contributed by atoms with E-state index in [4.69, 9.17) is 14.2 Å². The Bertz CT molecular complexity index is 856. The van der Waals surface area contributed by atoms with E-state index in [1.165, 1.54) is 0 Å². The maximum absolute atomic E-state index is 12.2. The molecule has 0 radical (unpaired) electrons. The van der Waals surface area contributed by atoms with Crippen LogP contribution in [0.25, 0.3) is 0 Å². The van der Waals surface area contributed by atoms with E-state index in [1.807, 2.05) is 0 Å². The van der Waals surface area contributed by atoms with E-state index in [9.17, 15) is 14.7 Å². The molecule has 2 aromatic rings. The molecule has 1 aliphatic rings. The van der Waals surface area contributed by atoms with Gasteiger partial charge in [0, 0.05) is 23.0 Å². The molecule has 0 fully saturated rings. The molecule has 0 aliphatic carbocycles.